The van der Waals surface area contributed by atoms with Crippen LogP contribution in [0.5, 0.6) is 0 Å². The van der Waals surface area contributed by atoms with Gasteiger partial charge in [-0.25, -0.2) is 4.57 Å². The van der Waals surface area contributed by atoms with Gasteiger partial charge < -0.3 is 4.74 Å². The maximum Gasteiger partial charge on any atom is 0.257 e. The average molecular weight is 187 g/mol. The highest BCUT2D eigenvalue weighted by Gasteiger charge is 2.12. The number of methoxy groups -OCH3 is 1. The third-order valence-corrected chi connectivity index (χ3v) is 2.44. The van der Waals surface area contributed by atoms with E-state index in [-0.39, 0.29) is 6.23 Å². The predicted octanol–water partition coefficient (Wildman–Crippen LogP) is 1.46. The minimum Gasteiger partial charge on any atom is -0.343 e. The van der Waals surface area contributed by atoms with Crippen molar-refractivity contribution < 1.29 is 9.30 Å². The molecule has 12 heavy (non-hydrogen) atoms. The summed E-state index contributed by atoms with van der Waals surface area (Å²) in [6.45, 7) is 2.11. The highest BCUT2D eigenvalue weighted by molar-refractivity contribution is 7.97. The summed E-state index contributed by atoms with van der Waals surface area (Å²) in [6.07, 6.45) is 9.26. The van der Waals surface area contributed by atoms with Gasteiger partial charge in [-0.05, 0) is 0 Å². The summed E-state index contributed by atoms with van der Waals surface area (Å²) in [5, 5.41) is 0. The lowest BCUT2D eigenvalue weighted by molar-refractivity contribution is -0.760. The quantitative estimate of drug-likeness (QED) is 0.664. The summed E-state index contributed by atoms with van der Waals surface area (Å²) in [7, 11) is 1.73. The molecule has 0 aliphatic heterocycles. The molecule has 1 unspecified atom stereocenters. The first-order chi connectivity index (χ1) is 5.81. The Hall–Kier alpha value is -0.480. The zero-order chi connectivity index (χ0) is 8.97. The highest BCUT2D eigenvalue weighted by Crippen LogP contribution is 2.04. The summed E-state index contributed by atoms with van der Waals surface area (Å²) in [6, 6.07) is 0. The lowest BCUT2D eigenvalue weighted by Gasteiger charge is -2.07. The number of rotatable bonds is 4. The summed E-state index contributed by atoms with van der Waals surface area (Å²) < 4.78 is 9.39. The fourth-order valence-corrected chi connectivity index (χ4v) is 1.51. The molecular weight excluding hydrogens is 172 g/mol. The molecule has 1 aromatic rings. The van der Waals surface area contributed by atoms with E-state index in [0.29, 0.717) is 0 Å². The molecule has 0 saturated carbocycles. The molecule has 0 bridgehead atoms. The van der Waals surface area contributed by atoms with Crippen molar-refractivity contribution in [3.05, 3.63) is 18.7 Å². The van der Waals surface area contributed by atoms with E-state index in [4.69, 9.17) is 4.74 Å². The number of nitrogens with zero attached hydrogens (tertiary/aromatic N) is 2. The Balaban J connectivity index is 2.72. The van der Waals surface area contributed by atoms with E-state index in [9.17, 15) is 0 Å². The Morgan fingerprint density at radius 3 is 2.83 bits per heavy atom. The molecule has 0 amide bonds. The van der Waals surface area contributed by atoms with Crippen molar-refractivity contribution in [1.29, 1.82) is 0 Å². The van der Waals surface area contributed by atoms with Crippen LogP contribution in [-0.4, -0.2) is 17.3 Å². The number of imidazole rings is 1. The maximum atomic E-state index is 5.28. The van der Waals surface area contributed by atoms with Crippen molar-refractivity contribution in [1.82, 2.24) is 3.97 Å². The van der Waals surface area contributed by atoms with Crippen LogP contribution in [0.15, 0.2) is 18.7 Å². The van der Waals surface area contributed by atoms with Crippen LogP contribution in [-0.2, 0) is 4.74 Å². The van der Waals surface area contributed by atoms with E-state index in [1.165, 1.54) is 0 Å². The summed E-state index contributed by atoms with van der Waals surface area (Å²) in [4.78, 5) is 0. The van der Waals surface area contributed by atoms with Crippen LogP contribution in [0.3, 0.4) is 0 Å². The van der Waals surface area contributed by atoms with Crippen LogP contribution in [0.1, 0.15) is 19.6 Å². The normalized spacial score (nSPS) is 13.2. The van der Waals surface area contributed by atoms with Gasteiger partial charge in [0.15, 0.2) is 0 Å². The van der Waals surface area contributed by atoms with Crippen molar-refractivity contribution in [3.63, 3.8) is 0 Å². The van der Waals surface area contributed by atoms with E-state index >= 15 is 0 Å². The standard InChI is InChI=1S/C8H15N2OS/c1-4-8(11-2)9-5-6-10(7-9)12-3/h5-8H,4H2,1-3H3/q+1. The first-order valence-corrected chi connectivity index (χ1v) is 5.16. The molecule has 0 fully saturated rings. The Morgan fingerprint density at radius 1 is 1.67 bits per heavy atom. The molecule has 4 heteroatoms. The van der Waals surface area contributed by atoms with Crippen molar-refractivity contribution in [2.24, 2.45) is 0 Å². The number of hydrogen-bond acceptors (Lipinski definition) is 2. The van der Waals surface area contributed by atoms with Crippen molar-refractivity contribution in [2.75, 3.05) is 13.4 Å². The number of ether oxygens (including phenoxy) is 1. The van der Waals surface area contributed by atoms with Gasteiger partial charge in [-0.15, -0.1) is 0 Å². The van der Waals surface area contributed by atoms with Crippen LogP contribution in [0, 0.1) is 0 Å². The van der Waals surface area contributed by atoms with Gasteiger partial charge in [-0.2, -0.15) is 3.97 Å². The smallest absolute Gasteiger partial charge is 0.257 e. The third-order valence-electron chi connectivity index (χ3n) is 1.80. The van der Waals surface area contributed by atoms with Gasteiger partial charge >= 0.3 is 0 Å². The van der Waals surface area contributed by atoms with Gasteiger partial charge in [0.05, 0.1) is 11.9 Å². The zero-order valence-corrected chi connectivity index (χ0v) is 8.54. The monoisotopic (exact) mass is 187 g/mol. The largest absolute Gasteiger partial charge is 0.343 e. The Morgan fingerprint density at radius 2 is 2.42 bits per heavy atom. The highest BCUT2D eigenvalue weighted by atomic mass is 32.2. The Kier molecular flexibility index (Phi) is 3.62. The average Bonchev–Trinajstić information content (AvgIpc) is 2.55. The van der Waals surface area contributed by atoms with Crippen molar-refractivity contribution in [2.45, 2.75) is 19.6 Å². The fourth-order valence-electron chi connectivity index (χ4n) is 1.13. The number of aromatic nitrogens is 2. The van der Waals surface area contributed by atoms with E-state index < -0.39 is 0 Å². The lowest BCUT2D eigenvalue weighted by atomic mass is 10.4. The van der Waals surface area contributed by atoms with Crippen LogP contribution in [0.25, 0.3) is 0 Å². The first-order valence-electron chi connectivity index (χ1n) is 3.97. The molecule has 0 radical (unpaired) electrons. The molecule has 1 atom stereocenters. The molecular formula is C8H15N2OS+. The van der Waals surface area contributed by atoms with Crippen LogP contribution in [0.2, 0.25) is 0 Å². The second-order valence-corrected chi connectivity index (χ2v) is 3.29. The summed E-state index contributed by atoms with van der Waals surface area (Å²) >= 11 is 1.67. The molecule has 0 N–H and O–H groups in total. The first kappa shape index (κ1) is 9.61. The molecule has 0 aromatic carbocycles. The van der Waals surface area contributed by atoms with Gasteiger partial charge in [0.2, 0.25) is 6.23 Å². The second kappa shape index (κ2) is 4.52. The van der Waals surface area contributed by atoms with Gasteiger partial charge in [0.1, 0.15) is 12.4 Å². The van der Waals surface area contributed by atoms with Gasteiger partial charge in [0.25, 0.3) is 6.33 Å². The molecule has 68 valence electrons. The molecule has 0 aliphatic carbocycles. The Bertz CT molecular complexity index is 233. The predicted molar refractivity (Wildman–Crippen MR) is 49.9 cm³/mol. The minimum atomic E-state index is 0.165. The third kappa shape index (κ3) is 2.01. The SMILES string of the molecule is CCC(OC)[n+]1ccn(SC)c1. The van der Waals surface area contributed by atoms with E-state index in [1.807, 2.05) is 28.9 Å². The van der Waals surface area contributed by atoms with Crippen molar-refractivity contribution >= 4 is 11.9 Å². The molecule has 1 rings (SSSR count). The van der Waals surface area contributed by atoms with E-state index in [1.54, 1.807) is 19.1 Å². The number of hydrogen-bond donors (Lipinski definition) is 0. The van der Waals surface area contributed by atoms with Crippen LogP contribution < -0.4 is 4.57 Å². The molecule has 0 saturated heterocycles. The lowest BCUT2D eigenvalue weighted by Crippen LogP contribution is -2.37. The van der Waals surface area contributed by atoms with Gasteiger partial charge in [0, 0.05) is 19.8 Å². The van der Waals surface area contributed by atoms with Gasteiger partial charge in [-0.3, -0.25) is 0 Å². The molecule has 3 nitrogen and oxygen atoms in total. The Labute approximate surface area is 77.5 Å². The van der Waals surface area contributed by atoms with E-state index in [2.05, 4.69) is 11.5 Å². The molecule has 1 heterocycles. The van der Waals surface area contributed by atoms with Gasteiger partial charge in [-0.1, -0.05) is 6.92 Å². The zero-order valence-electron chi connectivity index (χ0n) is 7.73. The minimum absolute atomic E-state index is 0.165. The molecule has 1 aromatic heterocycles. The maximum absolute atomic E-state index is 5.28. The van der Waals surface area contributed by atoms with Crippen molar-refractivity contribution in [3.8, 4) is 0 Å². The topological polar surface area (TPSA) is 18.0 Å². The fraction of sp³-hybridized carbons (Fsp3) is 0.625. The van der Waals surface area contributed by atoms with Crippen LogP contribution >= 0.6 is 11.9 Å². The second-order valence-electron chi connectivity index (χ2n) is 2.50. The summed E-state index contributed by atoms with van der Waals surface area (Å²) in [5.41, 5.74) is 0. The van der Waals surface area contributed by atoms with Crippen LogP contribution in [0.4, 0.5) is 0 Å². The molecule has 0 aliphatic rings. The van der Waals surface area contributed by atoms with E-state index in [0.717, 1.165) is 6.42 Å². The molecule has 0 spiro atoms. The summed E-state index contributed by atoms with van der Waals surface area (Å²) in [5.74, 6) is 0.